The molecule has 6 nitrogen and oxygen atoms in total. The molecule has 1 amide bonds. The van der Waals surface area contributed by atoms with E-state index in [0.717, 1.165) is 36.3 Å². The average molecular weight is 286 g/mol. The first-order chi connectivity index (χ1) is 10.1. The number of nitrogens with one attached hydrogen (secondary N) is 1. The van der Waals surface area contributed by atoms with E-state index >= 15 is 0 Å². The Morgan fingerprint density at radius 2 is 2.33 bits per heavy atom. The molecule has 1 unspecified atom stereocenters. The van der Waals surface area contributed by atoms with Gasteiger partial charge in [-0.25, -0.2) is 9.97 Å². The summed E-state index contributed by atoms with van der Waals surface area (Å²) in [6.07, 6.45) is 4.96. The summed E-state index contributed by atoms with van der Waals surface area (Å²) in [5.74, 6) is 1.44. The third kappa shape index (κ3) is 3.09. The Bertz CT molecular complexity index is 665. The zero-order valence-electron chi connectivity index (χ0n) is 12.2. The predicted octanol–water partition coefficient (Wildman–Crippen LogP) is 1.82. The quantitative estimate of drug-likeness (QED) is 0.930. The third-order valence-electron chi connectivity index (χ3n) is 3.66. The van der Waals surface area contributed by atoms with Crippen LogP contribution in [0.5, 0.6) is 0 Å². The van der Waals surface area contributed by atoms with E-state index in [1.54, 1.807) is 6.07 Å². The minimum absolute atomic E-state index is 0.00477. The Labute approximate surface area is 123 Å². The number of fused-ring (bicyclic) bond motifs is 1. The van der Waals surface area contributed by atoms with Crippen molar-refractivity contribution in [1.29, 1.82) is 0 Å². The third-order valence-corrected chi connectivity index (χ3v) is 3.66. The van der Waals surface area contributed by atoms with E-state index in [-0.39, 0.29) is 18.4 Å². The number of amides is 1. The molecule has 6 heteroatoms. The van der Waals surface area contributed by atoms with Crippen molar-refractivity contribution in [3.63, 3.8) is 0 Å². The predicted molar refractivity (Wildman–Crippen MR) is 75.5 cm³/mol. The Balaban J connectivity index is 1.70. The highest BCUT2D eigenvalue weighted by Gasteiger charge is 2.23. The molecule has 0 aromatic carbocycles. The second kappa shape index (κ2) is 5.63. The highest BCUT2D eigenvalue weighted by molar-refractivity contribution is 5.78. The van der Waals surface area contributed by atoms with Crippen LogP contribution in [0.25, 0.3) is 0 Å². The second-order valence-electron chi connectivity index (χ2n) is 5.44. The van der Waals surface area contributed by atoms with E-state index in [9.17, 15) is 4.79 Å². The van der Waals surface area contributed by atoms with Gasteiger partial charge >= 0.3 is 0 Å². The van der Waals surface area contributed by atoms with Gasteiger partial charge in [-0.2, -0.15) is 0 Å². The van der Waals surface area contributed by atoms with Crippen molar-refractivity contribution in [2.45, 2.75) is 45.6 Å². The number of aromatic nitrogens is 3. The molecule has 0 bridgehead atoms. The number of hydrogen-bond acceptors (Lipinski definition) is 5. The fourth-order valence-electron chi connectivity index (χ4n) is 2.71. The molecule has 1 N–H and O–H groups in total. The van der Waals surface area contributed by atoms with E-state index in [1.165, 1.54) is 0 Å². The van der Waals surface area contributed by atoms with Crippen LogP contribution in [0, 0.1) is 13.8 Å². The minimum Gasteiger partial charge on any atom is -0.361 e. The lowest BCUT2D eigenvalue weighted by molar-refractivity contribution is -0.121. The molecule has 1 aliphatic rings. The largest absolute Gasteiger partial charge is 0.361 e. The first-order valence-corrected chi connectivity index (χ1v) is 7.16. The number of nitrogens with zero attached hydrogens (tertiary/aromatic N) is 3. The van der Waals surface area contributed by atoms with Crippen LogP contribution in [0.4, 0.5) is 0 Å². The van der Waals surface area contributed by atoms with Gasteiger partial charge in [0.2, 0.25) is 5.91 Å². The summed E-state index contributed by atoms with van der Waals surface area (Å²) in [5, 5.41) is 6.90. The van der Waals surface area contributed by atoms with E-state index in [1.807, 2.05) is 20.0 Å². The summed E-state index contributed by atoms with van der Waals surface area (Å²) in [7, 11) is 0. The first kappa shape index (κ1) is 13.7. The number of rotatable bonds is 3. The molecule has 0 fully saturated rings. The maximum atomic E-state index is 12.1. The summed E-state index contributed by atoms with van der Waals surface area (Å²) in [6.45, 7) is 3.70. The highest BCUT2D eigenvalue weighted by atomic mass is 16.5. The van der Waals surface area contributed by atoms with Gasteiger partial charge in [0.15, 0.2) is 0 Å². The van der Waals surface area contributed by atoms with Crippen molar-refractivity contribution in [3.8, 4) is 0 Å². The summed E-state index contributed by atoms with van der Waals surface area (Å²) >= 11 is 0. The van der Waals surface area contributed by atoms with E-state index in [4.69, 9.17) is 4.52 Å². The summed E-state index contributed by atoms with van der Waals surface area (Å²) < 4.78 is 4.97. The molecular formula is C15H18N4O2. The molecule has 3 rings (SSSR count). The van der Waals surface area contributed by atoms with Gasteiger partial charge in [-0.1, -0.05) is 5.16 Å². The molecule has 0 saturated heterocycles. The van der Waals surface area contributed by atoms with Crippen molar-refractivity contribution in [3.05, 3.63) is 40.8 Å². The summed E-state index contributed by atoms with van der Waals surface area (Å²) in [5.41, 5.74) is 2.74. The summed E-state index contributed by atoms with van der Waals surface area (Å²) in [6, 6.07) is 1.77. The van der Waals surface area contributed by atoms with Crippen molar-refractivity contribution in [2.75, 3.05) is 0 Å². The fourth-order valence-corrected chi connectivity index (χ4v) is 2.71. The highest BCUT2D eigenvalue weighted by Crippen LogP contribution is 2.27. The van der Waals surface area contributed by atoms with Crippen molar-refractivity contribution < 1.29 is 9.32 Å². The lowest BCUT2D eigenvalue weighted by Crippen LogP contribution is -2.32. The minimum atomic E-state index is -0.0540. The Morgan fingerprint density at radius 1 is 1.48 bits per heavy atom. The van der Waals surface area contributed by atoms with Crippen LogP contribution in [0.1, 0.15) is 47.4 Å². The van der Waals surface area contributed by atoms with E-state index in [0.29, 0.717) is 11.5 Å². The van der Waals surface area contributed by atoms with Crippen LogP contribution >= 0.6 is 0 Å². The zero-order valence-corrected chi connectivity index (χ0v) is 12.2. The fraction of sp³-hybridized carbons (Fsp3) is 0.467. The molecule has 2 aromatic rings. The second-order valence-corrected chi connectivity index (χ2v) is 5.44. The van der Waals surface area contributed by atoms with Crippen molar-refractivity contribution in [1.82, 2.24) is 20.4 Å². The van der Waals surface area contributed by atoms with E-state index in [2.05, 4.69) is 20.4 Å². The smallest absolute Gasteiger partial charge is 0.226 e. The standard InChI is InChI=1S/C15H18N4O2/c1-9-6-11(19-21-9)7-15(20)18-14-5-3-4-13-12(14)8-16-10(2)17-13/h6,8,14H,3-5,7H2,1-2H3,(H,18,20). The molecule has 0 saturated carbocycles. The monoisotopic (exact) mass is 286 g/mol. The molecule has 0 aliphatic heterocycles. The summed E-state index contributed by atoms with van der Waals surface area (Å²) in [4.78, 5) is 20.8. The van der Waals surface area contributed by atoms with Crippen LogP contribution in [-0.4, -0.2) is 21.0 Å². The Kier molecular flexibility index (Phi) is 3.68. The van der Waals surface area contributed by atoms with Crippen LogP contribution in [0.15, 0.2) is 16.8 Å². The van der Waals surface area contributed by atoms with Gasteiger partial charge in [0.25, 0.3) is 0 Å². The van der Waals surface area contributed by atoms with Crippen LogP contribution in [-0.2, 0) is 17.6 Å². The lowest BCUT2D eigenvalue weighted by Gasteiger charge is -2.25. The molecule has 1 aliphatic carbocycles. The normalized spacial score (nSPS) is 17.3. The SMILES string of the molecule is Cc1ncc2c(n1)CCCC2NC(=O)Cc1cc(C)on1. The van der Waals surface area contributed by atoms with Gasteiger partial charge < -0.3 is 9.84 Å². The average Bonchev–Trinajstić information content (AvgIpc) is 2.83. The Hall–Kier alpha value is -2.24. The molecule has 110 valence electrons. The number of aryl methyl sites for hydroxylation is 3. The molecule has 0 radical (unpaired) electrons. The molecule has 0 spiro atoms. The maximum absolute atomic E-state index is 12.1. The van der Waals surface area contributed by atoms with Crippen LogP contribution < -0.4 is 5.32 Å². The van der Waals surface area contributed by atoms with Crippen LogP contribution in [0.3, 0.4) is 0 Å². The molecule has 2 heterocycles. The topological polar surface area (TPSA) is 80.9 Å². The molecule has 2 aromatic heterocycles. The number of hydrogen-bond donors (Lipinski definition) is 1. The van der Waals surface area contributed by atoms with Crippen molar-refractivity contribution in [2.24, 2.45) is 0 Å². The van der Waals surface area contributed by atoms with Crippen LogP contribution in [0.2, 0.25) is 0 Å². The van der Waals surface area contributed by atoms with Gasteiger partial charge in [-0.3, -0.25) is 4.79 Å². The van der Waals surface area contributed by atoms with Gasteiger partial charge in [0.05, 0.1) is 18.2 Å². The van der Waals surface area contributed by atoms with Gasteiger partial charge in [-0.15, -0.1) is 0 Å². The Morgan fingerprint density at radius 3 is 3.10 bits per heavy atom. The van der Waals surface area contributed by atoms with Gasteiger partial charge in [0, 0.05) is 23.5 Å². The molecule has 21 heavy (non-hydrogen) atoms. The zero-order chi connectivity index (χ0) is 14.8. The molecule has 1 atom stereocenters. The van der Waals surface area contributed by atoms with Gasteiger partial charge in [-0.05, 0) is 33.1 Å². The van der Waals surface area contributed by atoms with Crippen molar-refractivity contribution >= 4 is 5.91 Å². The number of carbonyl (C=O) groups is 1. The lowest BCUT2D eigenvalue weighted by atomic mass is 9.92. The molecular weight excluding hydrogens is 268 g/mol. The number of carbonyl (C=O) groups excluding carboxylic acids is 1. The maximum Gasteiger partial charge on any atom is 0.226 e. The first-order valence-electron chi connectivity index (χ1n) is 7.16. The van der Waals surface area contributed by atoms with E-state index < -0.39 is 0 Å². The van der Waals surface area contributed by atoms with Gasteiger partial charge in [0.1, 0.15) is 11.6 Å².